The Morgan fingerprint density at radius 1 is 1.32 bits per heavy atom. The Morgan fingerprint density at radius 2 is 2.04 bits per heavy atom. The summed E-state index contributed by atoms with van der Waals surface area (Å²) in [7, 11) is 0. The number of amides is 2. The SMILES string of the molecule is Cl.NCCNC(=O)C1CCCN(C(=O)CCOc2ccc(F)cc2)C1. The maximum atomic E-state index is 12.8. The normalized spacial score (nSPS) is 16.7. The third-order valence-electron chi connectivity index (χ3n) is 3.99. The summed E-state index contributed by atoms with van der Waals surface area (Å²) in [6.45, 7) is 2.18. The number of nitrogens with zero attached hydrogens (tertiary/aromatic N) is 1. The number of ether oxygens (including phenoxy) is 1. The molecule has 3 N–H and O–H groups in total. The number of rotatable bonds is 7. The molecule has 1 aliphatic heterocycles. The summed E-state index contributed by atoms with van der Waals surface area (Å²) in [5.41, 5.74) is 5.38. The molecule has 2 amide bonds. The summed E-state index contributed by atoms with van der Waals surface area (Å²) in [5, 5.41) is 2.77. The molecule has 1 aromatic rings. The van der Waals surface area contributed by atoms with Crippen LogP contribution in [-0.4, -0.2) is 49.5 Å². The van der Waals surface area contributed by atoms with Crippen LogP contribution in [0.5, 0.6) is 5.75 Å². The minimum Gasteiger partial charge on any atom is -0.493 e. The average molecular weight is 374 g/mol. The van der Waals surface area contributed by atoms with Crippen molar-refractivity contribution in [1.82, 2.24) is 10.2 Å². The summed E-state index contributed by atoms with van der Waals surface area (Å²) in [6, 6.07) is 5.68. The Labute approximate surface area is 153 Å². The number of piperidine rings is 1. The number of nitrogens with one attached hydrogen (secondary N) is 1. The smallest absolute Gasteiger partial charge is 0.226 e. The molecular formula is C17H25ClFN3O3. The first-order chi connectivity index (χ1) is 11.6. The van der Waals surface area contributed by atoms with Gasteiger partial charge in [-0.25, -0.2) is 4.39 Å². The van der Waals surface area contributed by atoms with Gasteiger partial charge >= 0.3 is 0 Å². The number of carbonyl (C=O) groups excluding carboxylic acids is 2. The maximum Gasteiger partial charge on any atom is 0.226 e. The molecule has 1 heterocycles. The van der Waals surface area contributed by atoms with E-state index in [4.69, 9.17) is 10.5 Å². The number of benzene rings is 1. The van der Waals surface area contributed by atoms with Crippen molar-refractivity contribution in [3.05, 3.63) is 30.1 Å². The van der Waals surface area contributed by atoms with Gasteiger partial charge in [0.1, 0.15) is 11.6 Å². The van der Waals surface area contributed by atoms with Crippen LogP contribution in [0.3, 0.4) is 0 Å². The lowest BCUT2D eigenvalue weighted by molar-refractivity contribution is -0.136. The molecule has 0 spiro atoms. The van der Waals surface area contributed by atoms with Crippen LogP contribution in [0, 0.1) is 11.7 Å². The van der Waals surface area contributed by atoms with Crippen LogP contribution in [0.15, 0.2) is 24.3 Å². The fourth-order valence-corrected chi connectivity index (χ4v) is 2.70. The molecular weight excluding hydrogens is 349 g/mol. The predicted octanol–water partition coefficient (Wildman–Crippen LogP) is 1.33. The zero-order valence-corrected chi connectivity index (χ0v) is 14.9. The lowest BCUT2D eigenvalue weighted by atomic mass is 9.97. The van der Waals surface area contributed by atoms with Gasteiger partial charge < -0.3 is 20.7 Å². The molecule has 1 atom stereocenters. The van der Waals surface area contributed by atoms with Gasteiger partial charge in [0.2, 0.25) is 11.8 Å². The maximum absolute atomic E-state index is 12.8. The summed E-state index contributed by atoms with van der Waals surface area (Å²) >= 11 is 0. The highest BCUT2D eigenvalue weighted by Crippen LogP contribution is 2.18. The number of halogens is 2. The van der Waals surface area contributed by atoms with Crippen molar-refractivity contribution in [1.29, 1.82) is 0 Å². The van der Waals surface area contributed by atoms with Gasteiger partial charge in [-0.1, -0.05) is 0 Å². The van der Waals surface area contributed by atoms with Gasteiger partial charge in [0.15, 0.2) is 0 Å². The minimum absolute atomic E-state index is 0. The van der Waals surface area contributed by atoms with E-state index >= 15 is 0 Å². The van der Waals surface area contributed by atoms with Gasteiger partial charge in [0, 0.05) is 26.2 Å². The molecule has 0 radical (unpaired) electrons. The molecule has 0 saturated carbocycles. The van der Waals surface area contributed by atoms with Gasteiger partial charge in [-0.3, -0.25) is 9.59 Å². The quantitative estimate of drug-likeness (QED) is 0.755. The van der Waals surface area contributed by atoms with E-state index < -0.39 is 0 Å². The average Bonchev–Trinajstić information content (AvgIpc) is 2.61. The molecule has 25 heavy (non-hydrogen) atoms. The largest absolute Gasteiger partial charge is 0.493 e. The molecule has 8 heteroatoms. The van der Waals surface area contributed by atoms with Crippen LogP contribution in [0.25, 0.3) is 0 Å². The number of likely N-dealkylation sites (tertiary alicyclic amines) is 1. The Kier molecular flexibility index (Phi) is 9.23. The van der Waals surface area contributed by atoms with Crippen molar-refractivity contribution in [2.75, 3.05) is 32.8 Å². The molecule has 1 aromatic carbocycles. The Balaban J connectivity index is 0.00000312. The highest BCUT2D eigenvalue weighted by atomic mass is 35.5. The molecule has 1 aliphatic rings. The molecule has 0 bridgehead atoms. The zero-order chi connectivity index (χ0) is 17.4. The van der Waals surface area contributed by atoms with E-state index in [2.05, 4.69) is 5.32 Å². The molecule has 1 saturated heterocycles. The van der Waals surface area contributed by atoms with E-state index in [9.17, 15) is 14.0 Å². The van der Waals surface area contributed by atoms with Gasteiger partial charge in [0.05, 0.1) is 18.9 Å². The monoisotopic (exact) mass is 373 g/mol. The lowest BCUT2D eigenvalue weighted by Gasteiger charge is -2.32. The van der Waals surface area contributed by atoms with Gasteiger partial charge in [-0.05, 0) is 37.1 Å². The van der Waals surface area contributed by atoms with E-state index in [-0.39, 0.29) is 49.0 Å². The second-order valence-electron chi connectivity index (χ2n) is 5.81. The highest BCUT2D eigenvalue weighted by molar-refractivity contribution is 5.85. The Bertz CT molecular complexity index is 557. The number of hydrogen-bond acceptors (Lipinski definition) is 4. The summed E-state index contributed by atoms with van der Waals surface area (Å²) in [6.07, 6.45) is 1.83. The van der Waals surface area contributed by atoms with Crippen LogP contribution in [0.2, 0.25) is 0 Å². The Hall–Kier alpha value is -1.86. The van der Waals surface area contributed by atoms with Crippen LogP contribution < -0.4 is 15.8 Å². The number of nitrogens with two attached hydrogens (primary N) is 1. The van der Waals surface area contributed by atoms with Crippen molar-refractivity contribution in [2.24, 2.45) is 11.7 Å². The second kappa shape index (κ2) is 10.9. The number of hydrogen-bond donors (Lipinski definition) is 2. The first kappa shape index (κ1) is 21.2. The van der Waals surface area contributed by atoms with E-state index in [1.165, 1.54) is 24.3 Å². The van der Waals surface area contributed by atoms with Crippen molar-refractivity contribution in [2.45, 2.75) is 19.3 Å². The fraction of sp³-hybridized carbons (Fsp3) is 0.529. The summed E-state index contributed by atoms with van der Waals surface area (Å²) in [5.74, 6) is -0.0474. The van der Waals surface area contributed by atoms with Crippen LogP contribution >= 0.6 is 12.4 Å². The van der Waals surface area contributed by atoms with Crippen molar-refractivity contribution in [3.63, 3.8) is 0 Å². The first-order valence-electron chi connectivity index (χ1n) is 8.24. The van der Waals surface area contributed by atoms with Crippen LogP contribution in [-0.2, 0) is 9.59 Å². The molecule has 0 aromatic heterocycles. The molecule has 0 aliphatic carbocycles. The molecule has 140 valence electrons. The second-order valence-corrected chi connectivity index (χ2v) is 5.81. The van der Waals surface area contributed by atoms with Crippen LogP contribution in [0.4, 0.5) is 4.39 Å². The van der Waals surface area contributed by atoms with E-state index in [1.54, 1.807) is 4.90 Å². The fourth-order valence-electron chi connectivity index (χ4n) is 2.70. The lowest BCUT2D eigenvalue weighted by Crippen LogP contribution is -2.46. The van der Waals surface area contributed by atoms with E-state index in [0.29, 0.717) is 31.9 Å². The predicted molar refractivity (Wildman–Crippen MR) is 95.1 cm³/mol. The van der Waals surface area contributed by atoms with Crippen molar-refractivity contribution in [3.8, 4) is 5.75 Å². The van der Waals surface area contributed by atoms with Crippen molar-refractivity contribution >= 4 is 24.2 Å². The van der Waals surface area contributed by atoms with E-state index in [1.807, 2.05) is 0 Å². The zero-order valence-electron chi connectivity index (χ0n) is 14.1. The molecule has 1 unspecified atom stereocenters. The minimum atomic E-state index is -0.328. The van der Waals surface area contributed by atoms with Crippen molar-refractivity contribution < 1.29 is 18.7 Å². The van der Waals surface area contributed by atoms with Gasteiger partial charge in [-0.15, -0.1) is 12.4 Å². The molecule has 1 fully saturated rings. The van der Waals surface area contributed by atoms with E-state index in [0.717, 1.165) is 12.8 Å². The first-order valence-corrected chi connectivity index (χ1v) is 8.24. The topological polar surface area (TPSA) is 84.7 Å². The Morgan fingerprint density at radius 3 is 2.72 bits per heavy atom. The number of carbonyl (C=O) groups is 2. The van der Waals surface area contributed by atoms with Gasteiger partial charge in [0.25, 0.3) is 0 Å². The molecule has 2 rings (SSSR count). The summed E-state index contributed by atoms with van der Waals surface area (Å²) < 4.78 is 18.2. The summed E-state index contributed by atoms with van der Waals surface area (Å²) in [4.78, 5) is 26.0. The van der Waals surface area contributed by atoms with Crippen LogP contribution in [0.1, 0.15) is 19.3 Å². The standard InChI is InChI=1S/C17H24FN3O3.ClH/c18-14-3-5-15(6-4-14)24-11-7-16(22)21-10-1-2-13(12-21)17(23)20-9-8-19;/h3-6,13H,1-2,7-12,19H2,(H,20,23);1H. The highest BCUT2D eigenvalue weighted by Gasteiger charge is 2.27. The van der Waals surface area contributed by atoms with Gasteiger partial charge in [-0.2, -0.15) is 0 Å². The third kappa shape index (κ3) is 6.88. The molecule has 6 nitrogen and oxygen atoms in total. The third-order valence-corrected chi connectivity index (χ3v) is 3.99.